The van der Waals surface area contributed by atoms with Crippen LogP contribution in [0.15, 0.2) is 24.3 Å². The van der Waals surface area contributed by atoms with Gasteiger partial charge in [-0.2, -0.15) is 0 Å². The summed E-state index contributed by atoms with van der Waals surface area (Å²) in [6.45, 7) is 1.55. The third kappa shape index (κ3) is 3.77. The average molecular weight is 359 g/mol. The minimum absolute atomic E-state index is 0.0858. The normalized spacial score (nSPS) is 10.3. The van der Waals surface area contributed by atoms with Crippen LogP contribution in [0.25, 0.3) is 0 Å². The predicted octanol–water partition coefficient (Wildman–Crippen LogP) is 2.46. The van der Waals surface area contributed by atoms with Crippen molar-refractivity contribution in [3.8, 4) is 11.5 Å². The quantitative estimate of drug-likeness (QED) is 0.792. The lowest BCUT2D eigenvalue weighted by Crippen LogP contribution is -2.18. The number of pyridine rings is 1. The smallest absolute Gasteiger partial charge is 0.342 e. The molecule has 1 aromatic carbocycles. The van der Waals surface area contributed by atoms with Gasteiger partial charge in [-0.15, -0.1) is 0 Å². The first-order chi connectivity index (χ1) is 12.4. The summed E-state index contributed by atoms with van der Waals surface area (Å²) in [4.78, 5) is 28.7. The summed E-state index contributed by atoms with van der Waals surface area (Å²) in [7, 11) is 3.95. The molecule has 0 aliphatic rings. The SMILES string of the molecule is COC(=O)c1c(CCc2ccccc2OC)nc(C)c(O)c1C(=O)OC. The molecule has 2 rings (SSSR count). The highest BCUT2D eigenvalue weighted by atomic mass is 16.5. The number of carbonyl (C=O) groups is 2. The number of methoxy groups -OCH3 is 3. The second kappa shape index (κ2) is 8.33. The highest BCUT2D eigenvalue weighted by Gasteiger charge is 2.28. The Morgan fingerprint density at radius 3 is 2.23 bits per heavy atom. The number of esters is 2. The zero-order chi connectivity index (χ0) is 19.3. The molecule has 0 amide bonds. The Labute approximate surface area is 151 Å². The molecule has 1 N–H and O–H groups in total. The number of hydrogen-bond acceptors (Lipinski definition) is 7. The van der Waals surface area contributed by atoms with Gasteiger partial charge in [0.15, 0.2) is 5.75 Å². The van der Waals surface area contributed by atoms with Gasteiger partial charge in [0.2, 0.25) is 0 Å². The Kier molecular flexibility index (Phi) is 6.16. The van der Waals surface area contributed by atoms with Crippen molar-refractivity contribution in [2.45, 2.75) is 19.8 Å². The Balaban J connectivity index is 2.52. The van der Waals surface area contributed by atoms with E-state index in [1.807, 2.05) is 24.3 Å². The highest BCUT2D eigenvalue weighted by Crippen LogP contribution is 2.29. The lowest BCUT2D eigenvalue weighted by Gasteiger charge is -2.15. The van der Waals surface area contributed by atoms with E-state index in [0.29, 0.717) is 18.5 Å². The second-order valence-electron chi connectivity index (χ2n) is 5.54. The molecule has 138 valence electrons. The Morgan fingerprint density at radius 2 is 1.62 bits per heavy atom. The van der Waals surface area contributed by atoms with Crippen molar-refractivity contribution < 1.29 is 28.9 Å². The third-order valence-electron chi connectivity index (χ3n) is 4.02. The number of nitrogens with zero attached hydrogens (tertiary/aromatic N) is 1. The lowest BCUT2D eigenvalue weighted by atomic mass is 9.98. The molecule has 0 saturated carbocycles. The first-order valence-electron chi connectivity index (χ1n) is 7.95. The van der Waals surface area contributed by atoms with Crippen molar-refractivity contribution in [2.24, 2.45) is 0 Å². The summed E-state index contributed by atoms with van der Waals surface area (Å²) in [5.41, 5.74) is 1.18. The van der Waals surface area contributed by atoms with Gasteiger partial charge in [-0.1, -0.05) is 18.2 Å². The summed E-state index contributed by atoms with van der Waals surface area (Å²) < 4.78 is 14.8. The van der Waals surface area contributed by atoms with Crippen molar-refractivity contribution in [2.75, 3.05) is 21.3 Å². The van der Waals surface area contributed by atoms with E-state index in [1.54, 1.807) is 14.0 Å². The van der Waals surface area contributed by atoms with E-state index in [1.165, 1.54) is 14.2 Å². The predicted molar refractivity (Wildman–Crippen MR) is 93.7 cm³/mol. The minimum Gasteiger partial charge on any atom is -0.505 e. The van der Waals surface area contributed by atoms with Crippen LogP contribution in [0.1, 0.15) is 37.7 Å². The summed E-state index contributed by atoms with van der Waals surface area (Å²) in [5, 5.41) is 10.2. The molecule has 0 radical (unpaired) electrons. The average Bonchev–Trinajstić information content (AvgIpc) is 2.67. The summed E-state index contributed by atoms with van der Waals surface area (Å²) >= 11 is 0. The molecule has 0 unspecified atom stereocenters. The molecule has 0 spiro atoms. The molecule has 0 aliphatic carbocycles. The van der Waals surface area contributed by atoms with Gasteiger partial charge in [0.25, 0.3) is 0 Å². The number of rotatable bonds is 6. The molecular weight excluding hydrogens is 338 g/mol. The van der Waals surface area contributed by atoms with Gasteiger partial charge in [0.1, 0.15) is 11.3 Å². The van der Waals surface area contributed by atoms with E-state index in [9.17, 15) is 14.7 Å². The highest BCUT2D eigenvalue weighted by molar-refractivity contribution is 6.05. The molecule has 1 aromatic heterocycles. The largest absolute Gasteiger partial charge is 0.505 e. The summed E-state index contributed by atoms with van der Waals surface area (Å²) in [6, 6.07) is 7.49. The van der Waals surface area contributed by atoms with Gasteiger partial charge >= 0.3 is 11.9 Å². The van der Waals surface area contributed by atoms with Crippen molar-refractivity contribution in [1.29, 1.82) is 0 Å². The standard InChI is InChI=1S/C19H21NO6/c1-11-17(21)16(19(23)26-4)15(18(22)25-3)13(20-11)10-9-12-7-5-6-8-14(12)24-2/h5-8,21H,9-10H2,1-4H3. The monoisotopic (exact) mass is 359 g/mol. The van der Waals surface area contributed by atoms with Gasteiger partial charge in [-0.05, 0) is 31.4 Å². The zero-order valence-corrected chi connectivity index (χ0v) is 15.2. The van der Waals surface area contributed by atoms with Gasteiger partial charge in [-0.3, -0.25) is 4.98 Å². The van der Waals surface area contributed by atoms with Crippen LogP contribution in [0.5, 0.6) is 11.5 Å². The fraction of sp³-hybridized carbons (Fsp3) is 0.316. The molecule has 26 heavy (non-hydrogen) atoms. The molecular formula is C19H21NO6. The molecule has 2 aromatic rings. The molecule has 0 atom stereocenters. The van der Waals surface area contributed by atoms with Crippen LogP contribution >= 0.6 is 0 Å². The fourth-order valence-electron chi connectivity index (χ4n) is 2.72. The van der Waals surface area contributed by atoms with E-state index in [0.717, 1.165) is 11.3 Å². The molecule has 7 heteroatoms. The number of benzene rings is 1. The van der Waals surface area contributed by atoms with Crippen LogP contribution in [0.4, 0.5) is 0 Å². The van der Waals surface area contributed by atoms with E-state index in [4.69, 9.17) is 14.2 Å². The van der Waals surface area contributed by atoms with Crippen molar-refractivity contribution in [3.63, 3.8) is 0 Å². The van der Waals surface area contributed by atoms with E-state index in [-0.39, 0.29) is 16.8 Å². The van der Waals surface area contributed by atoms with Crippen LogP contribution in [0.3, 0.4) is 0 Å². The summed E-state index contributed by atoms with van der Waals surface area (Å²) in [6.07, 6.45) is 0.863. The lowest BCUT2D eigenvalue weighted by molar-refractivity contribution is 0.0550. The van der Waals surface area contributed by atoms with Crippen LogP contribution in [-0.4, -0.2) is 43.4 Å². The first-order valence-corrected chi connectivity index (χ1v) is 7.95. The van der Waals surface area contributed by atoms with Crippen molar-refractivity contribution >= 4 is 11.9 Å². The Morgan fingerprint density at radius 1 is 1.00 bits per heavy atom. The number of hydrogen-bond donors (Lipinski definition) is 1. The number of ether oxygens (including phenoxy) is 3. The summed E-state index contributed by atoms with van der Waals surface area (Å²) in [5.74, 6) is -1.26. The first kappa shape index (κ1) is 19.2. The molecule has 1 heterocycles. The molecule has 0 aliphatic heterocycles. The van der Waals surface area contributed by atoms with Gasteiger partial charge in [0.05, 0.1) is 38.3 Å². The third-order valence-corrected chi connectivity index (χ3v) is 4.02. The maximum Gasteiger partial charge on any atom is 0.342 e. The van der Waals surface area contributed by atoms with E-state index < -0.39 is 17.7 Å². The molecule has 0 saturated heterocycles. The topological polar surface area (TPSA) is 95.0 Å². The second-order valence-corrected chi connectivity index (χ2v) is 5.54. The molecule has 0 bridgehead atoms. The maximum atomic E-state index is 12.3. The van der Waals surface area contributed by atoms with Gasteiger partial charge in [-0.25, -0.2) is 9.59 Å². The maximum absolute atomic E-state index is 12.3. The zero-order valence-electron chi connectivity index (χ0n) is 15.2. The van der Waals surface area contributed by atoms with Crippen LogP contribution in [0, 0.1) is 6.92 Å². The van der Waals surface area contributed by atoms with Crippen molar-refractivity contribution in [1.82, 2.24) is 4.98 Å². The van der Waals surface area contributed by atoms with E-state index in [2.05, 4.69) is 4.98 Å². The Hall–Kier alpha value is -3.09. The number of aromatic nitrogens is 1. The number of aromatic hydroxyl groups is 1. The Bertz CT molecular complexity index is 831. The fourth-order valence-corrected chi connectivity index (χ4v) is 2.72. The number of aryl methyl sites for hydroxylation is 3. The minimum atomic E-state index is -0.827. The van der Waals surface area contributed by atoms with Crippen LogP contribution in [0.2, 0.25) is 0 Å². The number of para-hydroxylation sites is 1. The molecule has 7 nitrogen and oxygen atoms in total. The van der Waals surface area contributed by atoms with Crippen LogP contribution < -0.4 is 4.74 Å². The number of carbonyl (C=O) groups excluding carboxylic acids is 2. The van der Waals surface area contributed by atoms with E-state index >= 15 is 0 Å². The van der Waals surface area contributed by atoms with Crippen LogP contribution in [-0.2, 0) is 22.3 Å². The molecule has 0 fully saturated rings. The van der Waals surface area contributed by atoms with Gasteiger partial charge in [0, 0.05) is 0 Å². The van der Waals surface area contributed by atoms with Gasteiger partial charge < -0.3 is 19.3 Å². The van der Waals surface area contributed by atoms with Crippen molar-refractivity contribution in [3.05, 3.63) is 52.3 Å².